The summed E-state index contributed by atoms with van der Waals surface area (Å²) in [5.74, 6) is -0.222. The van der Waals surface area contributed by atoms with Gasteiger partial charge in [-0.1, -0.05) is 12.7 Å². The van der Waals surface area contributed by atoms with Crippen LogP contribution >= 0.6 is 0 Å². The molecule has 142 valence electrons. The molecule has 2 rings (SSSR count). The molecule has 1 aromatic carbocycles. The van der Waals surface area contributed by atoms with Crippen molar-refractivity contribution in [2.75, 3.05) is 40.5 Å². The predicted octanol–water partition coefficient (Wildman–Crippen LogP) is 2.21. The summed E-state index contributed by atoms with van der Waals surface area (Å²) in [6, 6.07) is 4.92. The van der Waals surface area contributed by atoms with Gasteiger partial charge in [-0.25, -0.2) is 0 Å². The first kappa shape index (κ1) is 19.8. The highest BCUT2D eigenvalue weighted by molar-refractivity contribution is 5.95. The second kappa shape index (κ2) is 8.71. The van der Waals surface area contributed by atoms with Crippen LogP contribution in [-0.2, 0) is 9.53 Å². The number of carboxylic acids is 1. The lowest BCUT2D eigenvalue weighted by Gasteiger charge is -2.39. The molecular formula is C19H25NO6. The summed E-state index contributed by atoms with van der Waals surface area (Å²) >= 11 is 0. The molecule has 1 amide bonds. The molecule has 0 saturated carbocycles. The standard InChI is InChI=1S/C19H25NO6/c1-4-10-26-15-7-6-14(11-16(15)25-3)17(21)20-9-5-8-19(12-20,13-24-2)18(22)23/h4,6-7,11H,1,5,8-10,12-13H2,2-3H3,(H,22,23). The Kier molecular flexibility index (Phi) is 6.63. The van der Waals surface area contributed by atoms with E-state index >= 15 is 0 Å². The Hall–Kier alpha value is -2.54. The molecule has 1 N–H and O–H groups in total. The van der Waals surface area contributed by atoms with E-state index in [1.165, 1.54) is 14.2 Å². The maximum absolute atomic E-state index is 12.9. The molecule has 1 atom stereocenters. The van der Waals surface area contributed by atoms with Crippen molar-refractivity contribution in [1.82, 2.24) is 4.90 Å². The van der Waals surface area contributed by atoms with E-state index in [9.17, 15) is 14.7 Å². The van der Waals surface area contributed by atoms with Crippen LogP contribution in [0.5, 0.6) is 11.5 Å². The number of amides is 1. The summed E-state index contributed by atoms with van der Waals surface area (Å²) in [4.78, 5) is 26.2. The number of carbonyl (C=O) groups excluding carboxylic acids is 1. The molecule has 1 aliphatic rings. The third kappa shape index (κ3) is 4.16. The number of rotatable bonds is 8. The number of nitrogens with zero attached hydrogens (tertiary/aromatic N) is 1. The molecule has 1 aromatic rings. The molecule has 0 radical (unpaired) electrons. The van der Waals surface area contributed by atoms with Crippen molar-refractivity contribution in [1.29, 1.82) is 0 Å². The van der Waals surface area contributed by atoms with Gasteiger partial charge < -0.3 is 24.2 Å². The molecule has 0 spiro atoms. The SMILES string of the molecule is C=CCOc1ccc(C(=O)N2CCCC(COC)(C(=O)O)C2)cc1OC. The molecule has 1 heterocycles. The van der Waals surface area contributed by atoms with E-state index in [1.54, 1.807) is 29.2 Å². The van der Waals surface area contributed by atoms with Crippen LogP contribution in [0.25, 0.3) is 0 Å². The summed E-state index contributed by atoms with van der Waals surface area (Å²) in [5.41, 5.74) is -0.647. The fourth-order valence-corrected chi connectivity index (χ4v) is 3.19. The molecule has 1 saturated heterocycles. The van der Waals surface area contributed by atoms with Gasteiger partial charge in [0.1, 0.15) is 12.0 Å². The van der Waals surface area contributed by atoms with Crippen molar-refractivity contribution in [2.45, 2.75) is 12.8 Å². The van der Waals surface area contributed by atoms with Gasteiger partial charge >= 0.3 is 5.97 Å². The number of ether oxygens (including phenoxy) is 3. The van der Waals surface area contributed by atoms with E-state index in [0.717, 1.165) is 0 Å². The van der Waals surface area contributed by atoms with Gasteiger partial charge in [-0.15, -0.1) is 0 Å². The first-order valence-electron chi connectivity index (χ1n) is 8.41. The van der Waals surface area contributed by atoms with E-state index in [4.69, 9.17) is 14.2 Å². The van der Waals surface area contributed by atoms with E-state index < -0.39 is 11.4 Å². The molecule has 26 heavy (non-hydrogen) atoms. The van der Waals surface area contributed by atoms with Crippen molar-refractivity contribution < 1.29 is 28.9 Å². The van der Waals surface area contributed by atoms with Crippen molar-refractivity contribution in [3.05, 3.63) is 36.4 Å². The lowest BCUT2D eigenvalue weighted by atomic mass is 9.80. The molecule has 0 aromatic heterocycles. The fraction of sp³-hybridized carbons (Fsp3) is 0.474. The molecule has 1 unspecified atom stereocenters. The fourth-order valence-electron chi connectivity index (χ4n) is 3.19. The third-order valence-corrected chi connectivity index (χ3v) is 4.51. The largest absolute Gasteiger partial charge is 0.493 e. The zero-order chi connectivity index (χ0) is 19.2. The van der Waals surface area contributed by atoms with Gasteiger partial charge in [0.05, 0.1) is 13.7 Å². The number of likely N-dealkylation sites (tertiary alicyclic amines) is 1. The highest BCUT2D eigenvalue weighted by Gasteiger charge is 2.44. The molecular weight excluding hydrogens is 338 g/mol. The zero-order valence-electron chi connectivity index (χ0n) is 15.2. The van der Waals surface area contributed by atoms with Gasteiger partial charge in [-0.3, -0.25) is 9.59 Å². The Bertz CT molecular complexity index is 670. The van der Waals surface area contributed by atoms with Crippen LogP contribution in [0, 0.1) is 5.41 Å². The molecule has 0 bridgehead atoms. The quantitative estimate of drug-likeness (QED) is 0.713. The average Bonchev–Trinajstić information content (AvgIpc) is 2.66. The normalized spacial score (nSPS) is 19.7. The minimum Gasteiger partial charge on any atom is -0.493 e. The van der Waals surface area contributed by atoms with E-state index in [-0.39, 0.29) is 19.1 Å². The number of piperidine rings is 1. The van der Waals surface area contributed by atoms with Crippen molar-refractivity contribution in [3.63, 3.8) is 0 Å². The Morgan fingerprint density at radius 2 is 2.12 bits per heavy atom. The van der Waals surface area contributed by atoms with Crippen LogP contribution in [0.15, 0.2) is 30.9 Å². The summed E-state index contributed by atoms with van der Waals surface area (Å²) in [6.45, 7) is 4.62. The van der Waals surface area contributed by atoms with Gasteiger partial charge in [0.2, 0.25) is 0 Å². The Morgan fingerprint density at radius 1 is 1.35 bits per heavy atom. The number of carbonyl (C=O) groups is 2. The second-order valence-corrected chi connectivity index (χ2v) is 6.31. The van der Waals surface area contributed by atoms with Gasteiger partial charge in [-0.2, -0.15) is 0 Å². The van der Waals surface area contributed by atoms with Crippen LogP contribution in [0.4, 0.5) is 0 Å². The lowest BCUT2D eigenvalue weighted by Crippen LogP contribution is -2.52. The third-order valence-electron chi connectivity index (χ3n) is 4.51. The van der Waals surface area contributed by atoms with Crippen LogP contribution in [-0.4, -0.2) is 62.4 Å². The first-order valence-corrected chi connectivity index (χ1v) is 8.41. The number of aliphatic carboxylic acids is 1. The topological polar surface area (TPSA) is 85.3 Å². The smallest absolute Gasteiger partial charge is 0.313 e. The Morgan fingerprint density at radius 3 is 2.73 bits per heavy atom. The van der Waals surface area contributed by atoms with Crippen molar-refractivity contribution in [2.24, 2.45) is 5.41 Å². The summed E-state index contributed by atoms with van der Waals surface area (Å²) < 4.78 is 15.9. The number of hydrogen-bond acceptors (Lipinski definition) is 5. The number of hydrogen-bond donors (Lipinski definition) is 1. The maximum Gasteiger partial charge on any atom is 0.313 e. The number of carboxylic acid groups (broad SMARTS) is 1. The van der Waals surface area contributed by atoms with Crippen LogP contribution in [0.3, 0.4) is 0 Å². The molecule has 7 nitrogen and oxygen atoms in total. The van der Waals surface area contributed by atoms with Gasteiger partial charge in [0, 0.05) is 25.8 Å². The first-order chi connectivity index (χ1) is 12.5. The van der Waals surface area contributed by atoms with E-state index in [1.807, 2.05) is 0 Å². The van der Waals surface area contributed by atoms with E-state index in [2.05, 4.69) is 6.58 Å². The highest BCUT2D eigenvalue weighted by atomic mass is 16.5. The lowest BCUT2D eigenvalue weighted by molar-refractivity contribution is -0.155. The predicted molar refractivity (Wildman–Crippen MR) is 95.8 cm³/mol. The van der Waals surface area contributed by atoms with Gasteiger partial charge in [0.15, 0.2) is 11.5 Å². The molecule has 0 aliphatic carbocycles. The summed E-state index contributed by atoms with van der Waals surface area (Å²) in [7, 11) is 2.97. The minimum atomic E-state index is -1.07. The molecule has 7 heteroatoms. The molecule has 1 fully saturated rings. The minimum absolute atomic E-state index is 0.0732. The van der Waals surface area contributed by atoms with Crippen LogP contribution in [0.1, 0.15) is 23.2 Å². The Labute approximate surface area is 153 Å². The van der Waals surface area contributed by atoms with Crippen molar-refractivity contribution in [3.8, 4) is 11.5 Å². The number of methoxy groups -OCH3 is 2. The van der Waals surface area contributed by atoms with Crippen LogP contribution in [0.2, 0.25) is 0 Å². The Balaban J connectivity index is 2.22. The molecule has 1 aliphatic heterocycles. The van der Waals surface area contributed by atoms with Crippen molar-refractivity contribution >= 4 is 11.9 Å². The summed E-state index contributed by atoms with van der Waals surface area (Å²) in [6.07, 6.45) is 2.71. The van der Waals surface area contributed by atoms with Gasteiger partial charge in [-0.05, 0) is 31.0 Å². The summed E-state index contributed by atoms with van der Waals surface area (Å²) in [5, 5.41) is 9.63. The van der Waals surface area contributed by atoms with Gasteiger partial charge in [0.25, 0.3) is 5.91 Å². The average molecular weight is 363 g/mol. The highest BCUT2D eigenvalue weighted by Crippen LogP contribution is 2.33. The van der Waals surface area contributed by atoms with Crippen LogP contribution < -0.4 is 9.47 Å². The maximum atomic E-state index is 12.9. The second-order valence-electron chi connectivity index (χ2n) is 6.31. The monoisotopic (exact) mass is 363 g/mol. The van der Waals surface area contributed by atoms with E-state index in [0.29, 0.717) is 43.1 Å². The zero-order valence-corrected chi connectivity index (χ0v) is 15.2. The number of benzene rings is 1.